The van der Waals surface area contributed by atoms with Crippen LogP contribution in [0.4, 0.5) is 24.7 Å². The number of nitrogen functional groups attached to an aromatic ring is 1. The first-order valence-electron chi connectivity index (χ1n) is 15.0. The maximum absolute atomic E-state index is 13.5. The molecule has 14 nitrogen and oxygen atoms in total. The van der Waals surface area contributed by atoms with Crippen molar-refractivity contribution in [3.8, 4) is 11.5 Å². The van der Waals surface area contributed by atoms with Crippen molar-refractivity contribution in [2.24, 2.45) is 5.73 Å². The smallest absolute Gasteiger partial charge is 0.490 e. The van der Waals surface area contributed by atoms with Crippen molar-refractivity contribution in [3.63, 3.8) is 0 Å². The molecule has 2 heterocycles. The summed E-state index contributed by atoms with van der Waals surface area (Å²) in [5.74, 6) is -2.04. The Morgan fingerprint density at radius 2 is 1.65 bits per heavy atom. The van der Waals surface area contributed by atoms with E-state index in [1.54, 1.807) is 54.6 Å². The van der Waals surface area contributed by atoms with Crippen LogP contribution in [0.2, 0.25) is 0 Å². The molecule has 1 aliphatic rings. The fourth-order valence-corrected chi connectivity index (χ4v) is 4.30. The van der Waals surface area contributed by atoms with Gasteiger partial charge in [0.1, 0.15) is 17.7 Å². The van der Waals surface area contributed by atoms with E-state index in [2.05, 4.69) is 26.1 Å². The fraction of sp³-hybridized carbons (Fsp3) is 0.344. The van der Waals surface area contributed by atoms with Gasteiger partial charge in [-0.25, -0.2) is 9.78 Å². The van der Waals surface area contributed by atoms with E-state index in [1.165, 1.54) is 6.20 Å². The number of aromatic nitrogens is 1. The van der Waals surface area contributed by atoms with Gasteiger partial charge in [0.05, 0.1) is 31.5 Å². The predicted molar refractivity (Wildman–Crippen MR) is 174 cm³/mol. The maximum atomic E-state index is 13.5. The van der Waals surface area contributed by atoms with E-state index in [9.17, 15) is 22.8 Å². The average molecular weight is 690 g/mol. The fourth-order valence-electron chi connectivity index (χ4n) is 4.30. The van der Waals surface area contributed by atoms with Crippen LogP contribution in [0.5, 0.6) is 11.5 Å². The standard InChI is InChI=1S/C30H37N7O5.C2HF3O2/c1-4-41-25-17-21(7-11-24(25)42-19(2)3)27(34-23-9-5-20(6-10-23)28(31)32)30(39)36-35-29(38)22-8-12-26(33-18-22)37-13-15-40-16-14-37;3-2(4,5)1(6)7/h5-12,17-19,27,34H,4,13-16H2,1-3H3,(H3,31,32)(H,35,38)(H,36,39);(H,6,7). The van der Waals surface area contributed by atoms with Gasteiger partial charge < -0.3 is 35.3 Å². The molecular formula is C32H38F3N7O7. The van der Waals surface area contributed by atoms with Gasteiger partial charge in [0.2, 0.25) is 0 Å². The first-order valence-corrected chi connectivity index (χ1v) is 15.0. The topological polar surface area (TPSA) is 201 Å². The van der Waals surface area contributed by atoms with Gasteiger partial charge in [-0.3, -0.25) is 25.8 Å². The number of nitrogens with zero attached hydrogens (tertiary/aromatic N) is 2. The summed E-state index contributed by atoms with van der Waals surface area (Å²) in [6.45, 7) is 8.83. The SMILES string of the molecule is CCOc1cc(C(Nc2ccc(C(=N)N)cc2)C(=O)NNC(=O)c2ccc(N3CCOCC3)nc2)ccc1OC(C)C.O=C(O)C(F)(F)F. The molecule has 4 rings (SSSR count). The number of nitrogens with one attached hydrogen (secondary N) is 4. The van der Waals surface area contributed by atoms with Crippen molar-refractivity contribution in [1.82, 2.24) is 15.8 Å². The van der Waals surface area contributed by atoms with Gasteiger partial charge in [-0.05, 0) is 74.9 Å². The van der Waals surface area contributed by atoms with Crippen molar-refractivity contribution in [3.05, 3.63) is 77.5 Å². The van der Waals surface area contributed by atoms with Crippen molar-refractivity contribution < 1.29 is 46.9 Å². The van der Waals surface area contributed by atoms with E-state index in [0.29, 0.717) is 53.7 Å². The Kier molecular flexibility index (Phi) is 13.6. The highest BCUT2D eigenvalue weighted by Gasteiger charge is 2.38. The highest BCUT2D eigenvalue weighted by molar-refractivity contribution is 5.97. The number of hydrogen-bond donors (Lipinski definition) is 6. The summed E-state index contributed by atoms with van der Waals surface area (Å²) < 4.78 is 48.8. The second-order valence-electron chi connectivity index (χ2n) is 10.6. The number of carbonyl (C=O) groups excluding carboxylic acids is 2. The number of carbonyl (C=O) groups is 3. The number of hydrazine groups is 1. The second-order valence-corrected chi connectivity index (χ2v) is 10.6. The van der Waals surface area contributed by atoms with Crippen LogP contribution in [-0.2, 0) is 14.3 Å². The number of alkyl halides is 3. The molecule has 264 valence electrons. The number of benzene rings is 2. The quantitative estimate of drug-likeness (QED) is 0.0976. The Morgan fingerprint density at radius 3 is 2.18 bits per heavy atom. The molecule has 0 aliphatic carbocycles. The summed E-state index contributed by atoms with van der Waals surface area (Å²) in [6, 6.07) is 14.6. The molecule has 1 unspecified atom stereocenters. The Labute approximate surface area is 280 Å². The Morgan fingerprint density at radius 1 is 1.02 bits per heavy atom. The highest BCUT2D eigenvalue weighted by Crippen LogP contribution is 2.33. The van der Waals surface area contributed by atoms with E-state index in [-0.39, 0.29) is 11.9 Å². The van der Waals surface area contributed by atoms with Gasteiger partial charge in [-0.15, -0.1) is 0 Å². The van der Waals surface area contributed by atoms with Crippen LogP contribution in [0.1, 0.15) is 48.3 Å². The van der Waals surface area contributed by atoms with E-state index in [4.69, 9.17) is 35.3 Å². The Balaban J connectivity index is 0.000000838. The van der Waals surface area contributed by atoms with Crippen LogP contribution in [0, 0.1) is 5.41 Å². The molecule has 3 aromatic rings. The number of carboxylic acid groups (broad SMARTS) is 1. The van der Waals surface area contributed by atoms with E-state index in [1.807, 2.05) is 20.8 Å². The molecular weight excluding hydrogens is 651 g/mol. The average Bonchev–Trinajstić information content (AvgIpc) is 3.07. The van der Waals surface area contributed by atoms with E-state index in [0.717, 1.165) is 18.9 Å². The lowest BCUT2D eigenvalue weighted by Crippen LogP contribution is -2.45. The lowest BCUT2D eigenvalue weighted by Gasteiger charge is -2.27. The first-order chi connectivity index (χ1) is 23.2. The third kappa shape index (κ3) is 11.6. The summed E-state index contributed by atoms with van der Waals surface area (Å²) in [5, 5.41) is 18.0. The molecule has 1 fully saturated rings. The third-order valence-electron chi connectivity index (χ3n) is 6.62. The van der Waals surface area contributed by atoms with Crippen LogP contribution in [0.3, 0.4) is 0 Å². The molecule has 0 radical (unpaired) electrons. The lowest BCUT2D eigenvalue weighted by molar-refractivity contribution is -0.192. The molecule has 17 heteroatoms. The third-order valence-corrected chi connectivity index (χ3v) is 6.62. The largest absolute Gasteiger partial charge is 0.490 e. The number of aliphatic carboxylic acids is 1. The zero-order valence-corrected chi connectivity index (χ0v) is 27.0. The minimum absolute atomic E-state index is 0.0619. The van der Waals surface area contributed by atoms with Gasteiger partial charge in [0.15, 0.2) is 11.5 Å². The monoisotopic (exact) mass is 689 g/mol. The summed E-state index contributed by atoms with van der Waals surface area (Å²) in [7, 11) is 0. The molecule has 1 atom stereocenters. The van der Waals surface area contributed by atoms with Crippen LogP contribution in [0.25, 0.3) is 0 Å². The zero-order valence-electron chi connectivity index (χ0n) is 27.0. The number of amidine groups is 1. The first kappa shape index (κ1) is 37.9. The summed E-state index contributed by atoms with van der Waals surface area (Å²) in [4.78, 5) is 41.7. The number of hydrogen-bond acceptors (Lipinski definition) is 10. The molecule has 1 aliphatic heterocycles. The van der Waals surface area contributed by atoms with E-state index < -0.39 is 30.0 Å². The Bertz CT molecular complexity index is 1580. The molecule has 0 spiro atoms. The predicted octanol–water partition coefficient (Wildman–Crippen LogP) is 3.64. The number of halogens is 3. The highest BCUT2D eigenvalue weighted by atomic mass is 19.4. The van der Waals surface area contributed by atoms with E-state index >= 15 is 0 Å². The minimum Gasteiger partial charge on any atom is -0.490 e. The van der Waals surface area contributed by atoms with Gasteiger partial charge in [-0.2, -0.15) is 13.2 Å². The zero-order chi connectivity index (χ0) is 36.1. The molecule has 2 aromatic carbocycles. The summed E-state index contributed by atoms with van der Waals surface area (Å²) >= 11 is 0. The molecule has 0 bridgehead atoms. The van der Waals surface area contributed by atoms with Crippen molar-refractivity contribution in [2.75, 3.05) is 43.1 Å². The number of morpholine rings is 1. The summed E-state index contributed by atoms with van der Waals surface area (Å²) in [5.41, 5.74) is 12.6. The summed E-state index contributed by atoms with van der Waals surface area (Å²) in [6.07, 6.45) is -3.68. The van der Waals surface area contributed by atoms with Crippen LogP contribution < -0.4 is 36.3 Å². The second kappa shape index (κ2) is 17.5. The van der Waals surface area contributed by atoms with Crippen LogP contribution >= 0.6 is 0 Å². The number of amides is 2. The number of anilines is 2. The van der Waals surface area contributed by atoms with Gasteiger partial charge in [0.25, 0.3) is 11.8 Å². The van der Waals surface area contributed by atoms with Crippen LogP contribution in [0.15, 0.2) is 60.8 Å². The van der Waals surface area contributed by atoms with Crippen molar-refractivity contribution >= 4 is 35.1 Å². The minimum atomic E-state index is -5.08. The lowest BCUT2D eigenvalue weighted by atomic mass is 10.0. The molecule has 49 heavy (non-hydrogen) atoms. The molecule has 1 saturated heterocycles. The van der Waals surface area contributed by atoms with Gasteiger partial charge in [-0.1, -0.05) is 6.07 Å². The van der Waals surface area contributed by atoms with Gasteiger partial charge >= 0.3 is 12.1 Å². The molecule has 2 amide bonds. The van der Waals surface area contributed by atoms with Crippen molar-refractivity contribution in [2.45, 2.75) is 39.1 Å². The Hall–Kier alpha value is -5.58. The number of rotatable bonds is 11. The number of carboxylic acids is 1. The maximum Gasteiger partial charge on any atom is 0.490 e. The van der Waals surface area contributed by atoms with Crippen molar-refractivity contribution in [1.29, 1.82) is 5.41 Å². The number of nitrogens with two attached hydrogens (primary N) is 1. The van der Waals surface area contributed by atoms with Gasteiger partial charge in [0, 0.05) is 30.5 Å². The normalized spacial score (nSPS) is 13.3. The van der Waals surface area contributed by atoms with Crippen LogP contribution in [-0.4, -0.2) is 78.9 Å². The molecule has 0 saturated carbocycles. The number of ether oxygens (including phenoxy) is 3. The molecule has 1 aromatic heterocycles. The number of pyridine rings is 1. The molecule has 7 N–H and O–H groups in total.